The minimum atomic E-state index is -0.557. The summed E-state index contributed by atoms with van der Waals surface area (Å²) < 4.78 is 14.1. The number of unbranched alkanes of at least 4 members (excludes halogenated alkanes) is 1. The number of aryl methyl sites for hydroxylation is 1. The van der Waals surface area contributed by atoms with Gasteiger partial charge in [0.2, 0.25) is 6.79 Å². The van der Waals surface area contributed by atoms with Crippen LogP contribution in [-0.2, 0) is 6.54 Å². The third-order valence-electron chi connectivity index (χ3n) is 7.25. The third-order valence-corrected chi connectivity index (χ3v) is 11.1. The van der Waals surface area contributed by atoms with Crippen LogP contribution in [0.15, 0.2) is 28.5 Å². The number of nitrogen functional groups attached to an aromatic ring is 1. The molecule has 0 aliphatic carbocycles. The largest absolute Gasteiger partial charge is 0.454 e. The monoisotopic (exact) mass is 698 g/mol. The van der Waals surface area contributed by atoms with Crippen LogP contribution in [0.5, 0.6) is 11.5 Å². The number of aliphatic hydroxyl groups is 1. The number of nitrogens with two attached hydrogens (primary N) is 1. The summed E-state index contributed by atoms with van der Waals surface area (Å²) in [4.78, 5) is 25.9. The number of rotatable bonds is 12. The highest BCUT2D eigenvalue weighted by Crippen LogP contribution is 2.41. The fraction of sp³-hybridized carbons (Fsp3) is 0.520. The number of carbonyl (C=O) groups excluding carboxylic acids is 1. The average Bonchev–Trinajstić information content (AvgIpc) is 3.70. The minimum Gasteiger partial charge on any atom is -0.454 e. The molecule has 3 aromatic rings. The van der Waals surface area contributed by atoms with Crippen molar-refractivity contribution in [2.75, 3.05) is 24.8 Å². The van der Waals surface area contributed by atoms with Gasteiger partial charge in [0, 0.05) is 26.0 Å². The van der Waals surface area contributed by atoms with Crippen molar-refractivity contribution >= 4 is 69.1 Å². The van der Waals surface area contributed by atoms with E-state index in [1.54, 1.807) is 0 Å². The van der Waals surface area contributed by atoms with E-state index >= 15 is 0 Å². The van der Waals surface area contributed by atoms with Gasteiger partial charge in [-0.15, -0.1) is 0 Å². The molecule has 4 atom stereocenters. The molecule has 0 spiro atoms. The van der Waals surface area contributed by atoms with Crippen molar-refractivity contribution in [1.82, 2.24) is 35.5 Å². The van der Waals surface area contributed by atoms with E-state index in [1.807, 2.05) is 23.9 Å². The van der Waals surface area contributed by atoms with Crippen LogP contribution >= 0.6 is 46.1 Å². The highest BCUT2D eigenvalue weighted by molar-refractivity contribution is 14.1. The smallest absolute Gasteiger partial charge is 0.315 e. The van der Waals surface area contributed by atoms with Crippen LogP contribution in [0.2, 0.25) is 0 Å². The number of hydrogen-bond acceptors (Lipinski definition) is 11. The number of benzene rings is 1. The van der Waals surface area contributed by atoms with E-state index in [9.17, 15) is 9.90 Å². The zero-order valence-corrected chi connectivity index (χ0v) is 25.4. The standard InChI is InChI=1S/C25H31IN8O4S2/c26-13-8-15-16(38-12-37-15)9-18(13)40-25-33-21-22(27)29-11-30-23(21)34(25)7-3-6-28-19(35)5-2-1-4-17-20-14(10-39-17)31-24(36)32-20/h8-9,11,14,17,19-20,28,35H,1-7,10,12H2,(H2,27,29,30)(H2,31,32,36)/t14-,17-,19?,20-/m0/s1. The Morgan fingerprint density at radius 2 is 2.10 bits per heavy atom. The van der Waals surface area contributed by atoms with Crippen molar-refractivity contribution in [1.29, 1.82) is 0 Å². The van der Waals surface area contributed by atoms with Gasteiger partial charge in [-0.1, -0.05) is 18.2 Å². The second-order valence-corrected chi connectivity index (χ2v) is 13.4. The zero-order valence-electron chi connectivity index (χ0n) is 21.6. The molecule has 6 N–H and O–H groups in total. The van der Waals surface area contributed by atoms with Crippen molar-refractivity contribution < 1.29 is 19.4 Å². The van der Waals surface area contributed by atoms with Crippen molar-refractivity contribution in [3.05, 3.63) is 22.0 Å². The molecule has 2 fully saturated rings. The van der Waals surface area contributed by atoms with Gasteiger partial charge in [-0.05, 0) is 67.0 Å². The predicted octanol–water partition coefficient (Wildman–Crippen LogP) is 2.92. The number of thioether (sulfide) groups is 1. The lowest BCUT2D eigenvalue weighted by molar-refractivity contribution is 0.124. The second kappa shape index (κ2) is 12.3. The maximum atomic E-state index is 11.6. The molecule has 5 heterocycles. The summed E-state index contributed by atoms with van der Waals surface area (Å²) in [6.45, 7) is 1.52. The van der Waals surface area contributed by atoms with Gasteiger partial charge >= 0.3 is 6.03 Å². The number of carbonyl (C=O) groups is 1. The Morgan fingerprint density at radius 3 is 2.98 bits per heavy atom. The molecule has 3 aliphatic heterocycles. The zero-order chi connectivity index (χ0) is 27.6. The number of ether oxygens (including phenoxy) is 2. The van der Waals surface area contributed by atoms with Crippen molar-refractivity contribution in [3.8, 4) is 11.5 Å². The molecule has 1 unspecified atom stereocenters. The Morgan fingerprint density at radius 1 is 1.25 bits per heavy atom. The molecule has 2 aromatic heterocycles. The summed E-state index contributed by atoms with van der Waals surface area (Å²) >= 11 is 5.73. The van der Waals surface area contributed by atoms with Gasteiger partial charge in [-0.25, -0.2) is 19.7 Å². The van der Waals surface area contributed by atoms with Crippen molar-refractivity contribution in [3.63, 3.8) is 0 Å². The fourth-order valence-electron chi connectivity index (χ4n) is 5.22. The molecule has 2 saturated heterocycles. The topological polar surface area (TPSA) is 161 Å². The molecule has 0 saturated carbocycles. The Labute approximate surface area is 253 Å². The van der Waals surface area contributed by atoms with Crippen molar-refractivity contribution in [2.24, 2.45) is 0 Å². The van der Waals surface area contributed by atoms with Gasteiger partial charge in [0.25, 0.3) is 0 Å². The average molecular weight is 699 g/mol. The number of anilines is 1. The van der Waals surface area contributed by atoms with E-state index in [-0.39, 0.29) is 24.9 Å². The van der Waals surface area contributed by atoms with Gasteiger partial charge in [0.1, 0.15) is 12.6 Å². The van der Waals surface area contributed by atoms with Crippen LogP contribution in [0.25, 0.3) is 11.2 Å². The first-order valence-corrected chi connectivity index (χ1v) is 16.2. The molecular formula is C25H31IN8O4S2. The molecule has 0 bridgehead atoms. The van der Waals surface area contributed by atoms with Gasteiger partial charge in [-0.2, -0.15) is 11.8 Å². The maximum Gasteiger partial charge on any atom is 0.315 e. The first-order chi connectivity index (χ1) is 19.5. The van der Waals surface area contributed by atoms with E-state index in [0.717, 1.165) is 56.6 Å². The SMILES string of the molecule is Nc1ncnc2c1nc(Sc1cc3c(cc1I)OCO3)n2CCCNC(O)CCCC[C@@H]1SC[C@@H]2NC(=O)N[C@@H]21. The normalized spacial score (nSPS) is 21.9. The highest BCUT2D eigenvalue weighted by atomic mass is 127. The van der Waals surface area contributed by atoms with E-state index < -0.39 is 6.23 Å². The number of aliphatic hydroxyl groups excluding tert-OH is 1. The maximum absolute atomic E-state index is 11.6. The lowest BCUT2D eigenvalue weighted by Gasteiger charge is -2.17. The number of fused-ring (bicyclic) bond motifs is 3. The summed E-state index contributed by atoms with van der Waals surface area (Å²) in [5, 5.41) is 21.0. The number of imidazole rings is 1. The highest BCUT2D eigenvalue weighted by Gasteiger charge is 2.42. The molecule has 40 heavy (non-hydrogen) atoms. The molecule has 1 aromatic carbocycles. The molecule has 2 amide bonds. The van der Waals surface area contributed by atoms with Gasteiger partial charge < -0.3 is 35.5 Å². The number of nitrogens with zero attached hydrogens (tertiary/aromatic N) is 4. The molecule has 6 rings (SSSR count). The Balaban J connectivity index is 1.00. The van der Waals surface area contributed by atoms with Gasteiger partial charge in [0.15, 0.2) is 33.6 Å². The summed E-state index contributed by atoms with van der Waals surface area (Å²) in [5.41, 5.74) is 7.38. The molecular weight excluding hydrogens is 667 g/mol. The predicted molar refractivity (Wildman–Crippen MR) is 162 cm³/mol. The van der Waals surface area contributed by atoms with E-state index in [0.29, 0.717) is 41.7 Å². The van der Waals surface area contributed by atoms with Crippen LogP contribution in [0, 0.1) is 3.57 Å². The molecule has 12 nitrogen and oxygen atoms in total. The van der Waals surface area contributed by atoms with Crippen molar-refractivity contribution in [2.45, 2.75) is 72.3 Å². The lowest BCUT2D eigenvalue weighted by Crippen LogP contribution is -2.36. The Bertz CT molecular complexity index is 1390. The summed E-state index contributed by atoms with van der Waals surface area (Å²) in [6.07, 6.45) is 5.36. The van der Waals surface area contributed by atoms with E-state index in [2.05, 4.69) is 53.1 Å². The van der Waals surface area contributed by atoms with Crippen LogP contribution in [0.1, 0.15) is 32.1 Å². The van der Waals surface area contributed by atoms with Crippen LogP contribution in [-0.4, -0.2) is 73.3 Å². The number of halogens is 1. The molecule has 3 aliphatic rings. The van der Waals surface area contributed by atoms with Gasteiger partial charge in [0.05, 0.1) is 12.1 Å². The van der Waals surface area contributed by atoms with E-state index in [1.165, 1.54) is 18.1 Å². The third kappa shape index (κ3) is 6.03. The van der Waals surface area contributed by atoms with Crippen LogP contribution in [0.3, 0.4) is 0 Å². The lowest BCUT2D eigenvalue weighted by atomic mass is 10.0. The number of aromatic nitrogens is 4. The van der Waals surface area contributed by atoms with Gasteiger partial charge in [-0.3, -0.25) is 5.32 Å². The minimum absolute atomic E-state index is 0.0482. The Kier molecular flexibility index (Phi) is 8.62. The number of nitrogens with one attached hydrogen (secondary N) is 3. The second-order valence-electron chi connectivity index (χ2n) is 9.94. The molecule has 214 valence electrons. The van der Waals surface area contributed by atoms with E-state index in [4.69, 9.17) is 20.2 Å². The molecule has 0 radical (unpaired) electrons. The number of hydrogen-bond donors (Lipinski definition) is 5. The number of urea groups is 1. The van der Waals surface area contributed by atoms with Crippen LogP contribution in [0.4, 0.5) is 10.6 Å². The number of amides is 2. The first kappa shape index (κ1) is 27.9. The Hall–Kier alpha value is -2.21. The quantitative estimate of drug-likeness (QED) is 0.0819. The summed E-state index contributed by atoms with van der Waals surface area (Å²) in [6, 6.07) is 4.37. The first-order valence-electron chi connectivity index (χ1n) is 13.3. The fourth-order valence-corrected chi connectivity index (χ4v) is 8.48. The summed E-state index contributed by atoms with van der Waals surface area (Å²) in [7, 11) is 0. The summed E-state index contributed by atoms with van der Waals surface area (Å²) in [5.74, 6) is 2.78. The molecule has 15 heteroatoms. The van der Waals surface area contributed by atoms with Crippen LogP contribution < -0.4 is 31.2 Å².